The smallest absolute Gasteiger partial charge is 0.308 e. The number of rotatable bonds is 6. The Kier molecular flexibility index (Phi) is 5.40. The molecule has 122 valence electrons. The number of anilines is 1. The van der Waals surface area contributed by atoms with Crippen molar-refractivity contribution in [2.24, 2.45) is 0 Å². The number of nitrogen functional groups attached to an aromatic ring is 1. The summed E-state index contributed by atoms with van der Waals surface area (Å²) in [6, 6.07) is 0. The summed E-state index contributed by atoms with van der Waals surface area (Å²) >= 11 is 0. The van der Waals surface area contributed by atoms with E-state index >= 15 is 0 Å². The van der Waals surface area contributed by atoms with Gasteiger partial charge in [-0.25, -0.2) is 0 Å². The van der Waals surface area contributed by atoms with Crippen LogP contribution >= 0.6 is 0 Å². The van der Waals surface area contributed by atoms with Crippen molar-refractivity contribution in [1.29, 1.82) is 0 Å². The fourth-order valence-electron chi connectivity index (χ4n) is 2.40. The Morgan fingerprint density at radius 1 is 1.50 bits per heavy atom. The number of H-pyrrole nitrogens is 1. The van der Waals surface area contributed by atoms with Crippen molar-refractivity contribution < 1.29 is 24.1 Å². The molecule has 0 aromatic carbocycles. The van der Waals surface area contributed by atoms with E-state index in [1.54, 1.807) is 0 Å². The van der Waals surface area contributed by atoms with E-state index in [0.29, 0.717) is 17.9 Å². The molecule has 0 aliphatic carbocycles. The molecule has 0 radical (unpaired) electrons. The number of aromatic amines is 1. The van der Waals surface area contributed by atoms with Crippen LogP contribution in [0.2, 0.25) is 0 Å². The number of aromatic nitrogens is 1. The maximum absolute atomic E-state index is 11.8. The van der Waals surface area contributed by atoms with Crippen molar-refractivity contribution in [3.05, 3.63) is 21.6 Å². The second-order valence-corrected chi connectivity index (χ2v) is 5.04. The van der Waals surface area contributed by atoms with Gasteiger partial charge in [0.05, 0.1) is 25.8 Å². The maximum atomic E-state index is 11.8. The van der Waals surface area contributed by atoms with Gasteiger partial charge in [0.2, 0.25) is 0 Å². The van der Waals surface area contributed by atoms with E-state index in [1.165, 1.54) is 7.11 Å². The Hall–Kier alpha value is -2.06. The molecule has 0 spiro atoms. The lowest BCUT2D eigenvalue weighted by atomic mass is 10.1. The molecule has 0 saturated carbocycles. The molecule has 1 fully saturated rings. The highest BCUT2D eigenvalue weighted by Gasteiger charge is 2.21. The van der Waals surface area contributed by atoms with Gasteiger partial charge >= 0.3 is 5.97 Å². The van der Waals surface area contributed by atoms with Gasteiger partial charge in [0, 0.05) is 12.2 Å². The van der Waals surface area contributed by atoms with Crippen LogP contribution in [0.15, 0.2) is 4.79 Å². The molecule has 8 heteroatoms. The Labute approximate surface area is 127 Å². The first kappa shape index (κ1) is 16.3. The molecule has 8 nitrogen and oxygen atoms in total. The second-order valence-electron chi connectivity index (χ2n) is 5.04. The van der Waals surface area contributed by atoms with Crippen LogP contribution in [0.4, 0.5) is 5.69 Å². The molecule has 1 atom stereocenters. The second kappa shape index (κ2) is 7.28. The Bertz CT molecular complexity index is 592. The average molecular weight is 312 g/mol. The highest BCUT2D eigenvalue weighted by atomic mass is 16.7. The number of hydrogen-bond donors (Lipinski definition) is 3. The van der Waals surface area contributed by atoms with Crippen LogP contribution in [0.25, 0.3) is 0 Å². The molecule has 1 aromatic rings. The van der Waals surface area contributed by atoms with Crippen molar-refractivity contribution in [2.45, 2.75) is 38.6 Å². The number of pyridine rings is 1. The van der Waals surface area contributed by atoms with Gasteiger partial charge in [0.15, 0.2) is 12.0 Å². The number of ether oxygens (including phenoxy) is 3. The molecule has 22 heavy (non-hydrogen) atoms. The van der Waals surface area contributed by atoms with Gasteiger partial charge in [-0.05, 0) is 19.3 Å². The van der Waals surface area contributed by atoms with E-state index in [-0.39, 0.29) is 30.8 Å². The number of nitrogens with two attached hydrogens (primary N) is 1. The van der Waals surface area contributed by atoms with Crippen LogP contribution in [0.3, 0.4) is 0 Å². The van der Waals surface area contributed by atoms with Gasteiger partial charge in [0.25, 0.3) is 5.56 Å². The predicted molar refractivity (Wildman–Crippen MR) is 77.7 cm³/mol. The summed E-state index contributed by atoms with van der Waals surface area (Å²) in [4.78, 5) is 25.4. The SMILES string of the molecule is COc1c(CC(=O)O)c(COC2CCCCO2)[nH]c(=O)c1N. The summed E-state index contributed by atoms with van der Waals surface area (Å²) in [6.07, 6.45) is 2.10. The molecule has 1 unspecified atom stereocenters. The molecule has 4 N–H and O–H groups in total. The summed E-state index contributed by atoms with van der Waals surface area (Å²) < 4.78 is 16.1. The zero-order valence-corrected chi connectivity index (χ0v) is 12.4. The predicted octanol–water partition coefficient (Wildman–Crippen LogP) is 0.636. The molecule has 1 aliphatic rings. The van der Waals surface area contributed by atoms with Crippen LogP contribution in [-0.4, -0.2) is 36.1 Å². The van der Waals surface area contributed by atoms with Crippen molar-refractivity contribution in [3.63, 3.8) is 0 Å². The van der Waals surface area contributed by atoms with Gasteiger partial charge in [-0.1, -0.05) is 0 Å². The van der Waals surface area contributed by atoms with E-state index in [2.05, 4.69) is 4.98 Å². The van der Waals surface area contributed by atoms with Gasteiger partial charge in [0.1, 0.15) is 5.69 Å². The molecule has 0 bridgehead atoms. The third-order valence-corrected chi connectivity index (χ3v) is 3.48. The molecule has 2 heterocycles. The minimum absolute atomic E-state index is 0.0269. The lowest BCUT2D eigenvalue weighted by Crippen LogP contribution is -2.25. The zero-order chi connectivity index (χ0) is 16.1. The van der Waals surface area contributed by atoms with E-state index in [1.807, 2.05) is 0 Å². The molecular weight excluding hydrogens is 292 g/mol. The van der Waals surface area contributed by atoms with E-state index < -0.39 is 11.5 Å². The number of methoxy groups -OCH3 is 1. The van der Waals surface area contributed by atoms with Crippen molar-refractivity contribution in [1.82, 2.24) is 4.98 Å². The van der Waals surface area contributed by atoms with Crippen LogP contribution in [-0.2, 0) is 27.3 Å². The van der Waals surface area contributed by atoms with Gasteiger partial charge in [-0.2, -0.15) is 0 Å². The van der Waals surface area contributed by atoms with Crippen LogP contribution in [0.1, 0.15) is 30.5 Å². The minimum atomic E-state index is -1.06. The van der Waals surface area contributed by atoms with Gasteiger partial charge in [-0.15, -0.1) is 0 Å². The third-order valence-electron chi connectivity index (χ3n) is 3.48. The van der Waals surface area contributed by atoms with Crippen molar-refractivity contribution >= 4 is 11.7 Å². The minimum Gasteiger partial charge on any atom is -0.494 e. The van der Waals surface area contributed by atoms with E-state index in [4.69, 9.17) is 25.1 Å². The maximum Gasteiger partial charge on any atom is 0.308 e. The first-order chi connectivity index (χ1) is 10.5. The van der Waals surface area contributed by atoms with E-state index in [9.17, 15) is 9.59 Å². The number of hydrogen-bond acceptors (Lipinski definition) is 6. The quantitative estimate of drug-likeness (QED) is 0.704. The van der Waals surface area contributed by atoms with Crippen LogP contribution < -0.4 is 16.0 Å². The fraction of sp³-hybridized carbons (Fsp3) is 0.571. The number of nitrogens with one attached hydrogen (secondary N) is 1. The molecule has 1 saturated heterocycles. The summed E-state index contributed by atoms with van der Waals surface area (Å²) in [7, 11) is 1.34. The number of carboxylic acids is 1. The molecule has 2 rings (SSSR count). The summed E-state index contributed by atoms with van der Waals surface area (Å²) in [5.41, 5.74) is 5.62. The standard InChI is InChI=1S/C14H20N2O6/c1-20-13-8(6-10(17)18)9(16-14(19)12(13)15)7-22-11-4-2-3-5-21-11/h11H,2-7,15H2,1H3,(H,16,19)(H,17,18). The highest BCUT2D eigenvalue weighted by Crippen LogP contribution is 2.27. The zero-order valence-electron chi connectivity index (χ0n) is 12.4. The van der Waals surface area contributed by atoms with Crippen molar-refractivity contribution in [3.8, 4) is 5.75 Å². The largest absolute Gasteiger partial charge is 0.494 e. The monoisotopic (exact) mass is 312 g/mol. The van der Waals surface area contributed by atoms with Crippen LogP contribution in [0.5, 0.6) is 5.75 Å². The van der Waals surface area contributed by atoms with Gasteiger partial charge in [-0.3, -0.25) is 9.59 Å². The third kappa shape index (κ3) is 3.77. The summed E-state index contributed by atoms with van der Waals surface area (Å²) in [5.74, 6) is -0.978. The van der Waals surface area contributed by atoms with Crippen molar-refractivity contribution in [2.75, 3.05) is 19.5 Å². The normalized spacial score (nSPS) is 18.1. The molecule has 1 aromatic heterocycles. The Morgan fingerprint density at radius 2 is 2.27 bits per heavy atom. The topological polar surface area (TPSA) is 124 Å². The molecule has 0 amide bonds. The van der Waals surface area contributed by atoms with Crippen LogP contribution in [0, 0.1) is 0 Å². The first-order valence-corrected chi connectivity index (χ1v) is 7.05. The summed E-state index contributed by atoms with van der Waals surface area (Å²) in [5, 5.41) is 9.03. The molecule has 1 aliphatic heterocycles. The number of aliphatic carboxylic acids is 1. The van der Waals surface area contributed by atoms with Gasteiger partial charge < -0.3 is 30.0 Å². The average Bonchev–Trinajstić information content (AvgIpc) is 2.50. The van der Waals surface area contributed by atoms with E-state index in [0.717, 1.165) is 19.3 Å². The Balaban J connectivity index is 2.25. The number of carboxylic acid groups (broad SMARTS) is 1. The lowest BCUT2D eigenvalue weighted by Gasteiger charge is -2.23. The Morgan fingerprint density at radius 3 is 2.86 bits per heavy atom. The highest BCUT2D eigenvalue weighted by molar-refractivity contribution is 5.73. The number of carbonyl (C=O) groups is 1. The first-order valence-electron chi connectivity index (χ1n) is 7.05. The molecular formula is C14H20N2O6. The fourth-order valence-corrected chi connectivity index (χ4v) is 2.40. The lowest BCUT2D eigenvalue weighted by molar-refractivity contribution is -0.169. The summed E-state index contributed by atoms with van der Waals surface area (Å²) in [6.45, 7) is 0.660.